The SMILES string of the molecule is CC1CCC2CC(c3ccc(-c4ccc(OCC(F)(F)F)c(F)c4)cc3)CCC2C1. The van der Waals surface area contributed by atoms with Crippen LogP contribution in [-0.2, 0) is 0 Å². The topological polar surface area (TPSA) is 9.23 Å². The summed E-state index contributed by atoms with van der Waals surface area (Å²) >= 11 is 0. The largest absolute Gasteiger partial charge is 0.481 e. The van der Waals surface area contributed by atoms with Gasteiger partial charge in [0.1, 0.15) is 0 Å². The Bertz CT molecular complexity index is 858. The number of rotatable bonds is 4. The van der Waals surface area contributed by atoms with Crippen LogP contribution in [0.4, 0.5) is 17.6 Å². The van der Waals surface area contributed by atoms with Crippen molar-refractivity contribution >= 4 is 0 Å². The third-order valence-electron chi connectivity index (χ3n) is 6.91. The molecule has 0 spiro atoms. The van der Waals surface area contributed by atoms with Crippen LogP contribution < -0.4 is 4.74 Å². The summed E-state index contributed by atoms with van der Waals surface area (Å²) in [5, 5.41) is 0. The zero-order valence-electron chi connectivity index (χ0n) is 17.2. The zero-order chi connectivity index (χ0) is 21.3. The van der Waals surface area contributed by atoms with Crippen LogP contribution >= 0.6 is 0 Å². The number of benzene rings is 2. The first-order valence-corrected chi connectivity index (χ1v) is 10.9. The van der Waals surface area contributed by atoms with Crippen molar-refractivity contribution in [3.8, 4) is 16.9 Å². The summed E-state index contributed by atoms with van der Waals surface area (Å²) in [4.78, 5) is 0. The lowest BCUT2D eigenvalue weighted by molar-refractivity contribution is -0.153. The van der Waals surface area contributed by atoms with Gasteiger partial charge in [-0.3, -0.25) is 0 Å². The van der Waals surface area contributed by atoms with E-state index in [1.54, 1.807) is 6.07 Å². The molecule has 4 rings (SSSR count). The van der Waals surface area contributed by atoms with Crippen molar-refractivity contribution in [2.24, 2.45) is 17.8 Å². The Balaban J connectivity index is 1.42. The van der Waals surface area contributed by atoms with E-state index in [9.17, 15) is 17.6 Å². The summed E-state index contributed by atoms with van der Waals surface area (Å²) in [6.45, 7) is 0.874. The van der Waals surface area contributed by atoms with Crippen LogP contribution in [0.15, 0.2) is 42.5 Å². The van der Waals surface area contributed by atoms with E-state index in [1.165, 1.54) is 56.2 Å². The molecule has 4 atom stereocenters. The third kappa shape index (κ3) is 4.98. The van der Waals surface area contributed by atoms with Gasteiger partial charge in [-0.2, -0.15) is 13.2 Å². The van der Waals surface area contributed by atoms with Crippen LogP contribution in [0.5, 0.6) is 5.75 Å². The Hall–Kier alpha value is -2.04. The maximum Gasteiger partial charge on any atom is 0.422 e. The number of halogens is 4. The van der Waals surface area contributed by atoms with E-state index in [0.717, 1.165) is 23.3 Å². The molecule has 5 heteroatoms. The van der Waals surface area contributed by atoms with E-state index >= 15 is 0 Å². The molecule has 0 aromatic heterocycles. The van der Waals surface area contributed by atoms with Crippen molar-refractivity contribution in [2.45, 2.75) is 57.5 Å². The average Bonchev–Trinajstić information content (AvgIpc) is 2.72. The zero-order valence-corrected chi connectivity index (χ0v) is 17.2. The molecule has 0 heterocycles. The van der Waals surface area contributed by atoms with Gasteiger partial charge in [-0.15, -0.1) is 0 Å². The fourth-order valence-corrected chi connectivity index (χ4v) is 5.33. The number of ether oxygens (including phenoxy) is 1. The molecule has 4 unspecified atom stereocenters. The van der Waals surface area contributed by atoms with Gasteiger partial charge in [0.25, 0.3) is 0 Å². The molecular weight excluding hydrogens is 392 g/mol. The van der Waals surface area contributed by atoms with Crippen molar-refractivity contribution in [3.63, 3.8) is 0 Å². The average molecular weight is 420 g/mol. The van der Waals surface area contributed by atoms with Crippen molar-refractivity contribution < 1.29 is 22.3 Å². The van der Waals surface area contributed by atoms with Crippen LogP contribution in [-0.4, -0.2) is 12.8 Å². The predicted molar refractivity (Wildman–Crippen MR) is 110 cm³/mol. The number of alkyl halides is 3. The number of hydrogen-bond donors (Lipinski definition) is 0. The van der Waals surface area contributed by atoms with Crippen LogP contribution in [0.3, 0.4) is 0 Å². The highest BCUT2D eigenvalue weighted by Gasteiger charge is 2.34. The van der Waals surface area contributed by atoms with E-state index < -0.39 is 18.6 Å². The van der Waals surface area contributed by atoms with E-state index in [4.69, 9.17) is 0 Å². The van der Waals surface area contributed by atoms with E-state index in [1.807, 2.05) is 12.1 Å². The highest BCUT2D eigenvalue weighted by Crippen LogP contribution is 2.47. The summed E-state index contributed by atoms with van der Waals surface area (Å²) in [5.74, 6) is 2.02. The second kappa shape index (κ2) is 8.60. The van der Waals surface area contributed by atoms with Crippen LogP contribution in [0.2, 0.25) is 0 Å². The molecule has 30 heavy (non-hydrogen) atoms. The fraction of sp³-hybridized carbons (Fsp3) is 0.520. The quantitative estimate of drug-likeness (QED) is 0.459. The van der Waals surface area contributed by atoms with Gasteiger partial charge >= 0.3 is 6.18 Å². The molecule has 0 saturated heterocycles. The van der Waals surface area contributed by atoms with Gasteiger partial charge in [-0.05, 0) is 84.6 Å². The maximum absolute atomic E-state index is 14.2. The molecule has 2 aromatic rings. The second-order valence-electron chi connectivity index (χ2n) is 9.12. The Morgan fingerprint density at radius 3 is 2.23 bits per heavy atom. The standard InChI is InChI=1S/C25H28F4O/c1-16-2-3-21-13-20(9-8-19(21)12-16)17-4-6-18(7-5-17)22-10-11-24(23(26)14-22)30-15-25(27,28)29/h4-7,10-11,14,16,19-21H,2-3,8-9,12-13,15H2,1H3. The Kier molecular flexibility index (Phi) is 6.08. The third-order valence-corrected chi connectivity index (χ3v) is 6.91. The molecule has 0 N–H and O–H groups in total. The normalized spacial score (nSPS) is 26.8. The van der Waals surface area contributed by atoms with Crippen molar-refractivity contribution in [3.05, 3.63) is 53.8 Å². The fourth-order valence-electron chi connectivity index (χ4n) is 5.33. The van der Waals surface area contributed by atoms with Gasteiger partial charge in [-0.1, -0.05) is 43.7 Å². The molecule has 0 aliphatic heterocycles. The molecule has 2 aromatic carbocycles. The molecule has 1 nitrogen and oxygen atoms in total. The predicted octanol–water partition coefficient (Wildman–Crippen LogP) is 7.75. The van der Waals surface area contributed by atoms with Crippen molar-refractivity contribution in [2.75, 3.05) is 6.61 Å². The highest BCUT2D eigenvalue weighted by atomic mass is 19.4. The number of hydrogen-bond acceptors (Lipinski definition) is 1. The van der Waals surface area contributed by atoms with Gasteiger partial charge in [0.05, 0.1) is 0 Å². The van der Waals surface area contributed by atoms with Gasteiger partial charge < -0.3 is 4.74 Å². The van der Waals surface area contributed by atoms with Gasteiger partial charge in [-0.25, -0.2) is 4.39 Å². The summed E-state index contributed by atoms with van der Waals surface area (Å²) in [6, 6.07) is 12.3. The highest BCUT2D eigenvalue weighted by molar-refractivity contribution is 5.64. The molecule has 0 bridgehead atoms. The van der Waals surface area contributed by atoms with E-state index in [2.05, 4.69) is 23.8 Å². The molecule has 2 fully saturated rings. The molecule has 0 radical (unpaired) electrons. The molecule has 2 aliphatic rings. The smallest absolute Gasteiger partial charge is 0.422 e. The van der Waals surface area contributed by atoms with E-state index in [0.29, 0.717) is 11.5 Å². The Morgan fingerprint density at radius 1 is 0.867 bits per heavy atom. The van der Waals surface area contributed by atoms with Crippen molar-refractivity contribution in [1.82, 2.24) is 0 Å². The first-order chi connectivity index (χ1) is 14.3. The summed E-state index contributed by atoms with van der Waals surface area (Å²) in [5.41, 5.74) is 2.81. The van der Waals surface area contributed by atoms with Crippen LogP contribution in [0.1, 0.15) is 56.9 Å². The lowest BCUT2D eigenvalue weighted by atomic mass is 9.64. The van der Waals surface area contributed by atoms with E-state index in [-0.39, 0.29) is 5.75 Å². The second-order valence-corrected chi connectivity index (χ2v) is 9.12. The van der Waals surface area contributed by atoms with Gasteiger partial charge in [0.15, 0.2) is 18.2 Å². The lowest BCUT2D eigenvalue weighted by Gasteiger charge is -2.41. The Morgan fingerprint density at radius 2 is 1.53 bits per heavy atom. The lowest BCUT2D eigenvalue weighted by Crippen LogP contribution is -2.29. The Labute approximate surface area is 175 Å². The first kappa shape index (κ1) is 21.2. The van der Waals surface area contributed by atoms with Gasteiger partial charge in [0.2, 0.25) is 0 Å². The summed E-state index contributed by atoms with van der Waals surface area (Å²) in [7, 11) is 0. The molecule has 162 valence electrons. The first-order valence-electron chi connectivity index (χ1n) is 10.9. The molecule has 2 saturated carbocycles. The monoisotopic (exact) mass is 420 g/mol. The summed E-state index contributed by atoms with van der Waals surface area (Å²) < 4.78 is 55.5. The molecular formula is C25H28F4O. The van der Waals surface area contributed by atoms with Crippen LogP contribution in [0, 0.1) is 23.6 Å². The van der Waals surface area contributed by atoms with Crippen LogP contribution in [0.25, 0.3) is 11.1 Å². The minimum Gasteiger partial charge on any atom is -0.481 e. The number of fused-ring (bicyclic) bond motifs is 1. The molecule has 2 aliphatic carbocycles. The maximum atomic E-state index is 14.2. The minimum absolute atomic E-state index is 0.383. The van der Waals surface area contributed by atoms with Crippen molar-refractivity contribution in [1.29, 1.82) is 0 Å². The van der Waals surface area contributed by atoms with Gasteiger partial charge in [0, 0.05) is 0 Å². The minimum atomic E-state index is -4.49. The molecule has 0 amide bonds. The summed E-state index contributed by atoms with van der Waals surface area (Å²) in [6.07, 6.45) is 3.39.